The van der Waals surface area contributed by atoms with Crippen molar-refractivity contribution in [3.05, 3.63) is 52.8 Å². The highest BCUT2D eigenvalue weighted by molar-refractivity contribution is 5.92. The van der Waals surface area contributed by atoms with Crippen molar-refractivity contribution < 1.29 is 14.4 Å². The molecule has 0 unspecified atom stereocenters. The number of anilines is 2. The molecule has 1 aromatic heterocycles. The van der Waals surface area contributed by atoms with Crippen LogP contribution in [0, 0.1) is 10.1 Å². The number of aromatic nitrogens is 2. The number of nitro groups is 1. The Hall–Kier alpha value is -3.62. The Labute approximate surface area is 167 Å². The summed E-state index contributed by atoms with van der Waals surface area (Å²) in [5, 5.41) is 11.7. The first-order valence-corrected chi connectivity index (χ1v) is 9.22. The Morgan fingerprint density at radius 2 is 1.55 bits per heavy atom. The van der Waals surface area contributed by atoms with E-state index in [0.29, 0.717) is 11.5 Å². The van der Waals surface area contributed by atoms with Gasteiger partial charge >= 0.3 is 0 Å². The maximum absolute atomic E-state index is 10.8. The van der Waals surface area contributed by atoms with E-state index in [-0.39, 0.29) is 10.6 Å². The molecule has 2 aromatic carbocycles. The number of piperazine rings is 1. The maximum atomic E-state index is 10.8. The van der Waals surface area contributed by atoms with Crippen LogP contribution in [0.15, 0.2) is 42.7 Å². The average Bonchev–Trinajstić information content (AvgIpc) is 2.77. The molecule has 0 spiro atoms. The van der Waals surface area contributed by atoms with Crippen LogP contribution in [0.1, 0.15) is 0 Å². The van der Waals surface area contributed by atoms with E-state index in [9.17, 15) is 10.1 Å². The SMILES string of the molecule is COc1cc2ncnc(N3CCN(c4ccc([N+](=O)[O-])cc4)CC3)c2cc1OC. The highest BCUT2D eigenvalue weighted by Gasteiger charge is 2.21. The van der Waals surface area contributed by atoms with E-state index in [1.165, 1.54) is 0 Å². The van der Waals surface area contributed by atoms with Crippen LogP contribution < -0.4 is 19.3 Å². The average molecular weight is 395 g/mol. The summed E-state index contributed by atoms with van der Waals surface area (Å²) in [5.74, 6) is 2.13. The molecule has 1 aliphatic rings. The minimum Gasteiger partial charge on any atom is -0.493 e. The molecule has 3 aromatic rings. The molecule has 9 nitrogen and oxygen atoms in total. The zero-order valence-corrected chi connectivity index (χ0v) is 16.2. The predicted molar refractivity (Wildman–Crippen MR) is 110 cm³/mol. The number of methoxy groups -OCH3 is 2. The monoisotopic (exact) mass is 395 g/mol. The van der Waals surface area contributed by atoms with E-state index in [1.807, 2.05) is 12.1 Å². The molecular weight excluding hydrogens is 374 g/mol. The standard InChI is InChI=1S/C20H21N5O4/c1-28-18-11-16-17(12-19(18)29-2)21-13-22-20(16)24-9-7-23(8-10-24)14-3-5-15(6-4-14)25(26)27/h3-6,11-13H,7-10H2,1-2H3. The molecule has 150 valence electrons. The number of nitrogens with zero attached hydrogens (tertiary/aromatic N) is 5. The van der Waals surface area contributed by atoms with Gasteiger partial charge in [-0.2, -0.15) is 0 Å². The van der Waals surface area contributed by atoms with Gasteiger partial charge in [0.25, 0.3) is 5.69 Å². The summed E-state index contributed by atoms with van der Waals surface area (Å²) in [7, 11) is 3.21. The van der Waals surface area contributed by atoms with Crippen LogP contribution in [0.5, 0.6) is 11.5 Å². The third-order valence-corrected chi connectivity index (χ3v) is 5.12. The van der Waals surface area contributed by atoms with Crippen molar-refractivity contribution in [2.45, 2.75) is 0 Å². The van der Waals surface area contributed by atoms with Gasteiger partial charge in [-0.25, -0.2) is 9.97 Å². The first-order chi connectivity index (χ1) is 14.1. The second-order valence-electron chi connectivity index (χ2n) is 6.67. The van der Waals surface area contributed by atoms with E-state index < -0.39 is 0 Å². The van der Waals surface area contributed by atoms with Gasteiger partial charge in [0.05, 0.1) is 24.7 Å². The molecule has 0 aliphatic carbocycles. The largest absolute Gasteiger partial charge is 0.493 e. The van der Waals surface area contributed by atoms with Crippen molar-refractivity contribution in [3.8, 4) is 11.5 Å². The Balaban J connectivity index is 1.55. The fourth-order valence-electron chi connectivity index (χ4n) is 3.58. The van der Waals surface area contributed by atoms with E-state index in [0.717, 1.165) is 48.6 Å². The Morgan fingerprint density at radius 1 is 0.931 bits per heavy atom. The molecule has 0 saturated carbocycles. The van der Waals surface area contributed by atoms with Gasteiger partial charge in [0, 0.05) is 55.5 Å². The van der Waals surface area contributed by atoms with Crippen molar-refractivity contribution in [2.24, 2.45) is 0 Å². The van der Waals surface area contributed by atoms with Crippen LogP contribution in [0.3, 0.4) is 0 Å². The number of ether oxygens (including phenoxy) is 2. The molecule has 1 aliphatic heterocycles. The van der Waals surface area contributed by atoms with Crippen molar-refractivity contribution >= 4 is 28.1 Å². The summed E-state index contributed by atoms with van der Waals surface area (Å²) < 4.78 is 10.8. The summed E-state index contributed by atoms with van der Waals surface area (Å²) in [6, 6.07) is 10.4. The van der Waals surface area contributed by atoms with Gasteiger partial charge in [0.15, 0.2) is 11.5 Å². The summed E-state index contributed by atoms with van der Waals surface area (Å²) in [6.45, 7) is 3.13. The molecule has 9 heteroatoms. The lowest BCUT2D eigenvalue weighted by Gasteiger charge is -2.37. The number of rotatable bonds is 5. The lowest BCUT2D eigenvalue weighted by Crippen LogP contribution is -2.46. The summed E-state index contributed by atoms with van der Waals surface area (Å²) in [5.41, 5.74) is 1.88. The minimum absolute atomic E-state index is 0.101. The lowest BCUT2D eigenvalue weighted by atomic mass is 10.1. The number of nitro benzene ring substituents is 1. The second-order valence-corrected chi connectivity index (χ2v) is 6.67. The zero-order valence-electron chi connectivity index (χ0n) is 16.2. The smallest absolute Gasteiger partial charge is 0.269 e. The third kappa shape index (κ3) is 3.58. The number of hydrogen-bond acceptors (Lipinski definition) is 8. The molecule has 29 heavy (non-hydrogen) atoms. The van der Waals surface area contributed by atoms with Crippen molar-refractivity contribution in [2.75, 3.05) is 50.2 Å². The summed E-state index contributed by atoms with van der Waals surface area (Å²) >= 11 is 0. The van der Waals surface area contributed by atoms with E-state index in [4.69, 9.17) is 9.47 Å². The van der Waals surface area contributed by atoms with Gasteiger partial charge in [0.2, 0.25) is 0 Å². The van der Waals surface area contributed by atoms with E-state index >= 15 is 0 Å². The molecule has 0 N–H and O–H groups in total. The quantitative estimate of drug-likeness (QED) is 0.481. The van der Waals surface area contributed by atoms with Gasteiger partial charge < -0.3 is 19.3 Å². The van der Waals surface area contributed by atoms with Crippen molar-refractivity contribution in [1.82, 2.24) is 9.97 Å². The first kappa shape index (κ1) is 18.7. The van der Waals surface area contributed by atoms with E-state index in [1.54, 1.807) is 44.8 Å². The topological polar surface area (TPSA) is 93.9 Å². The van der Waals surface area contributed by atoms with Crippen LogP contribution in [-0.2, 0) is 0 Å². The second kappa shape index (κ2) is 7.78. The van der Waals surface area contributed by atoms with Gasteiger partial charge in [-0.15, -0.1) is 0 Å². The van der Waals surface area contributed by atoms with Crippen molar-refractivity contribution in [1.29, 1.82) is 0 Å². The molecule has 0 atom stereocenters. The number of benzene rings is 2. The number of fused-ring (bicyclic) bond motifs is 1. The van der Waals surface area contributed by atoms with E-state index in [2.05, 4.69) is 19.8 Å². The van der Waals surface area contributed by atoms with Crippen molar-refractivity contribution in [3.63, 3.8) is 0 Å². The van der Waals surface area contributed by atoms with Gasteiger partial charge in [-0.1, -0.05) is 0 Å². The fraction of sp³-hybridized carbons (Fsp3) is 0.300. The number of hydrogen-bond donors (Lipinski definition) is 0. The van der Waals surface area contributed by atoms with Crippen LogP contribution >= 0.6 is 0 Å². The molecule has 1 fully saturated rings. The summed E-state index contributed by atoms with van der Waals surface area (Å²) in [6.07, 6.45) is 1.56. The van der Waals surface area contributed by atoms with Gasteiger partial charge in [-0.3, -0.25) is 10.1 Å². The van der Waals surface area contributed by atoms with Crippen LogP contribution in [0.2, 0.25) is 0 Å². The first-order valence-electron chi connectivity index (χ1n) is 9.22. The Kier molecular flexibility index (Phi) is 5.03. The zero-order chi connectivity index (χ0) is 20.4. The number of non-ortho nitro benzene ring substituents is 1. The van der Waals surface area contributed by atoms with Crippen LogP contribution in [0.25, 0.3) is 10.9 Å². The van der Waals surface area contributed by atoms with Gasteiger partial charge in [-0.05, 0) is 18.2 Å². The molecular formula is C20H21N5O4. The molecule has 4 rings (SSSR count). The molecule has 0 radical (unpaired) electrons. The summed E-state index contributed by atoms with van der Waals surface area (Å²) in [4.78, 5) is 23.8. The highest BCUT2D eigenvalue weighted by Crippen LogP contribution is 2.35. The Bertz CT molecular complexity index is 1030. The normalized spacial score (nSPS) is 14.1. The fourth-order valence-corrected chi connectivity index (χ4v) is 3.58. The maximum Gasteiger partial charge on any atom is 0.269 e. The predicted octanol–water partition coefficient (Wildman–Crippen LogP) is 2.88. The third-order valence-electron chi connectivity index (χ3n) is 5.12. The molecule has 0 bridgehead atoms. The van der Waals surface area contributed by atoms with Crippen LogP contribution in [0.4, 0.5) is 17.2 Å². The molecule has 2 heterocycles. The Morgan fingerprint density at radius 3 is 2.17 bits per heavy atom. The van der Waals surface area contributed by atoms with Gasteiger partial charge in [0.1, 0.15) is 12.1 Å². The molecule has 0 amide bonds. The van der Waals surface area contributed by atoms with Crippen LogP contribution in [-0.4, -0.2) is 55.3 Å². The molecule has 1 saturated heterocycles. The minimum atomic E-state index is -0.384. The highest BCUT2D eigenvalue weighted by atomic mass is 16.6. The lowest BCUT2D eigenvalue weighted by molar-refractivity contribution is -0.384.